The minimum Gasteiger partial charge on any atom is -0.497 e. The lowest BCUT2D eigenvalue weighted by molar-refractivity contribution is 0.414. The molecule has 3 aromatic rings. The molecule has 0 aliphatic rings. The van der Waals surface area contributed by atoms with E-state index in [4.69, 9.17) is 9.47 Å². The molecule has 0 bridgehead atoms. The Morgan fingerprint density at radius 2 is 1.68 bits per heavy atom. The zero-order valence-electron chi connectivity index (χ0n) is 12.8. The summed E-state index contributed by atoms with van der Waals surface area (Å²) in [5, 5.41) is 0.985. The van der Waals surface area contributed by atoms with Gasteiger partial charge in [0.2, 0.25) is 0 Å². The number of hydrogen-bond acceptors (Lipinski definition) is 4. The minimum absolute atomic E-state index is 0.859. The predicted octanol–water partition coefficient (Wildman–Crippen LogP) is 4.79. The largest absolute Gasteiger partial charge is 0.497 e. The third-order valence-corrected chi connectivity index (χ3v) is 4.48. The summed E-state index contributed by atoms with van der Waals surface area (Å²) in [5.41, 5.74) is 3.34. The van der Waals surface area contributed by atoms with Gasteiger partial charge in [-0.1, -0.05) is 12.1 Å². The Morgan fingerprint density at radius 3 is 2.41 bits per heavy atom. The van der Waals surface area contributed by atoms with Crippen LogP contribution in [-0.2, 0) is 0 Å². The molecule has 0 amide bonds. The first-order chi connectivity index (χ1) is 10.7. The van der Waals surface area contributed by atoms with E-state index >= 15 is 0 Å². The summed E-state index contributed by atoms with van der Waals surface area (Å²) in [4.78, 5) is 4.62. The highest BCUT2D eigenvalue weighted by atomic mass is 32.1. The summed E-state index contributed by atoms with van der Waals surface area (Å²) in [5.74, 6) is 1.74. The van der Waals surface area contributed by atoms with Crippen LogP contribution in [0.4, 0.5) is 0 Å². The van der Waals surface area contributed by atoms with Gasteiger partial charge in [0.05, 0.1) is 24.4 Å². The molecule has 0 N–H and O–H groups in total. The third-order valence-electron chi connectivity index (χ3n) is 3.49. The number of aryl methyl sites for hydroxylation is 1. The van der Waals surface area contributed by atoms with Gasteiger partial charge < -0.3 is 9.47 Å². The van der Waals surface area contributed by atoms with E-state index in [2.05, 4.69) is 24.1 Å². The number of thiazole rings is 1. The maximum atomic E-state index is 5.25. The van der Waals surface area contributed by atoms with Crippen molar-refractivity contribution in [2.75, 3.05) is 14.2 Å². The first-order valence-electron chi connectivity index (χ1n) is 6.97. The van der Waals surface area contributed by atoms with Crippen molar-refractivity contribution < 1.29 is 9.47 Å². The number of methoxy groups -OCH3 is 2. The van der Waals surface area contributed by atoms with Gasteiger partial charge in [0, 0.05) is 0 Å². The van der Waals surface area contributed by atoms with E-state index in [1.54, 1.807) is 25.6 Å². The van der Waals surface area contributed by atoms with Gasteiger partial charge in [0.25, 0.3) is 0 Å². The normalized spacial score (nSPS) is 11.2. The lowest BCUT2D eigenvalue weighted by Crippen LogP contribution is -1.85. The number of benzene rings is 2. The second-order valence-electron chi connectivity index (χ2n) is 4.94. The summed E-state index contributed by atoms with van der Waals surface area (Å²) in [6, 6.07) is 12.0. The van der Waals surface area contributed by atoms with Crippen LogP contribution in [0.2, 0.25) is 0 Å². The van der Waals surface area contributed by atoms with Gasteiger partial charge in [0.1, 0.15) is 16.5 Å². The second kappa shape index (κ2) is 6.20. The average molecular weight is 311 g/mol. The number of fused-ring (bicyclic) bond motifs is 1. The zero-order valence-corrected chi connectivity index (χ0v) is 13.6. The summed E-state index contributed by atoms with van der Waals surface area (Å²) in [6.07, 6.45) is 4.13. The Bertz CT molecular complexity index is 836. The maximum absolute atomic E-state index is 5.25. The van der Waals surface area contributed by atoms with Crippen LogP contribution in [0.25, 0.3) is 22.4 Å². The van der Waals surface area contributed by atoms with E-state index in [1.807, 2.05) is 36.4 Å². The lowest BCUT2D eigenvalue weighted by Gasteiger charge is -2.03. The number of hydrogen-bond donors (Lipinski definition) is 0. The minimum atomic E-state index is 0.859. The van der Waals surface area contributed by atoms with Crippen LogP contribution in [-0.4, -0.2) is 19.2 Å². The lowest BCUT2D eigenvalue weighted by atomic mass is 10.1. The van der Waals surface area contributed by atoms with E-state index < -0.39 is 0 Å². The molecule has 0 saturated heterocycles. The highest BCUT2D eigenvalue weighted by molar-refractivity contribution is 7.19. The highest BCUT2D eigenvalue weighted by Crippen LogP contribution is 2.27. The van der Waals surface area contributed by atoms with E-state index in [1.165, 1.54) is 5.56 Å². The van der Waals surface area contributed by atoms with Crippen molar-refractivity contribution in [2.24, 2.45) is 0 Å². The fraction of sp³-hybridized carbons (Fsp3) is 0.167. The Labute approximate surface area is 133 Å². The molecule has 4 heteroatoms. The van der Waals surface area contributed by atoms with Crippen LogP contribution in [0.1, 0.15) is 16.1 Å². The first kappa shape index (κ1) is 14.6. The van der Waals surface area contributed by atoms with Crippen LogP contribution in [0.3, 0.4) is 0 Å². The molecule has 0 aliphatic carbocycles. The molecule has 1 heterocycles. The van der Waals surface area contributed by atoms with Crippen LogP contribution in [0.15, 0.2) is 36.4 Å². The average Bonchev–Trinajstić information content (AvgIpc) is 2.95. The molecular weight excluding hydrogens is 294 g/mol. The fourth-order valence-electron chi connectivity index (χ4n) is 2.24. The van der Waals surface area contributed by atoms with E-state index in [9.17, 15) is 0 Å². The molecule has 0 saturated carbocycles. The number of nitrogens with zero attached hydrogens (tertiary/aromatic N) is 1. The molecule has 3 rings (SSSR count). The molecule has 0 fully saturated rings. The predicted molar refractivity (Wildman–Crippen MR) is 92.8 cm³/mol. The summed E-state index contributed by atoms with van der Waals surface area (Å²) < 4.78 is 11.6. The van der Waals surface area contributed by atoms with Crippen molar-refractivity contribution in [1.82, 2.24) is 4.98 Å². The second-order valence-corrected chi connectivity index (χ2v) is 6.00. The molecule has 0 atom stereocenters. The molecule has 1 aromatic heterocycles. The molecule has 0 unspecified atom stereocenters. The van der Waals surface area contributed by atoms with Crippen molar-refractivity contribution >= 4 is 33.7 Å². The van der Waals surface area contributed by atoms with Gasteiger partial charge in [-0.15, -0.1) is 11.3 Å². The summed E-state index contributed by atoms with van der Waals surface area (Å²) >= 11 is 1.66. The smallest absolute Gasteiger partial charge is 0.120 e. The topological polar surface area (TPSA) is 31.4 Å². The van der Waals surface area contributed by atoms with Crippen LogP contribution in [0.5, 0.6) is 11.5 Å². The third kappa shape index (κ3) is 2.97. The molecule has 112 valence electrons. The summed E-state index contributed by atoms with van der Waals surface area (Å²) in [7, 11) is 3.36. The van der Waals surface area contributed by atoms with Gasteiger partial charge in [0.15, 0.2) is 0 Å². The molecule has 0 aliphatic heterocycles. The zero-order chi connectivity index (χ0) is 15.5. The van der Waals surface area contributed by atoms with Gasteiger partial charge in [-0.25, -0.2) is 4.98 Å². The molecule has 3 nitrogen and oxygen atoms in total. The van der Waals surface area contributed by atoms with Crippen molar-refractivity contribution in [3.05, 3.63) is 52.5 Å². The highest BCUT2D eigenvalue weighted by Gasteiger charge is 2.03. The van der Waals surface area contributed by atoms with Crippen LogP contribution in [0, 0.1) is 6.92 Å². The van der Waals surface area contributed by atoms with Crippen molar-refractivity contribution in [1.29, 1.82) is 0 Å². The Kier molecular flexibility index (Phi) is 4.11. The molecule has 0 spiro atoms. The molecule has 0 radical (unpaired) electrons. The van der Waals surface area contributed by atoms with Gasteiger partial charge in [-0.2, -0.15) is 0 Å². The monoisotopic (exact) mass is 311 g/mol. The first-order valence-corrected chi connectivity index (χ1v) is 7.78. The van der Waals surface area contributed by atoms with Gasteiger partial charge >= 0.3 is 0 Å². The van der Waals surface area contributed by atoms with E-state index in [0.717, 1.165) is 32.3 Å². The Balaban J connectivity index is 1.89. The Morgan fingerprint density at radius 1 is 0.955 bits per heavy atom. The Hall–Kier alpha value is -2.33. The van der Waals surface area contributed by atoms with Gasteiger partial charge in [-0.05, 0) is 54.5 Å². The number of ether oxygens (including phenoxy) is 2. The van der Waals surface area contributed by atoms with Gasteiger partial charge in [-0.3, -0.25) is 0 Å². The molecular formula is C18H17NO2S. The fourth-order valence-corrected chi connectivity index (χ4v) is 3.14. The number of rotatable bonds is 4. The van der Waals surface area contributed by atoms with Crippen LogP contribution >= 0.6 is 11.3 Å². The summed E-state index contributed by atoms with van der Waals surface area (Å²) in [6.45, 7) is 2.07. The van der Waals surface area contributed by atoms with Crippen molar-refractivity contribution in [3.63, 3.8) is 0 Å². The molecule has 22 heavy (non-hydrogen) atoms. The molecule has 2 aromatic carbocycles. The van der Waals surface area contributed by atoms with Crippen molar-refractivity contribution in [2.45, 2.75) is 6.92 Å². The quantitative estimate of drug-likeness (QED) is 0.694. The SMILES string of the molecule is COc1ccc(/C=C/c2nc3ccc(OC)cc3s2)c(C)c1. The van der Waals surface area contributed by atoms with E-state index in [-0.39, 0.29) is 0 Å². The number of aromatic nitrogens is 1. The van der Waals surface area contributed by atoms with E-state index in [0.29, 0.717) is 0 Å². The van der Waals surface area contributed by atoms with Crippen LogP contribution < -0.4 is 9.47 Å². The maximum Gasteiger partial charge on any atom is 0.120 e. The van der Waals surface area contributed by atoms with Crippen molar-refractivity contribution in [3.8, 4) is 11.5 Å². The standard InChI is InChI=1S/C18H17NO2S/c1-12-10-14(20-2)6-4-13(12)5-9-18-19-16-8-7-15(21-3)11-17(16)22-18/h4-11H,1-3H3/b9-5+.